The number of carbonyl (C=O) groups is 6. The first kappa shape index (κ1) is 43.4. The molecule has 0 fully saturated rings. The van der Waals surface area contributed by atoms with Crippen LogP contribution in [-0.4, -0.2) is 49.0 Å². The minimum absolute atomic E-state index is 0.0955. The molecule has 0 heterocycles. The van der Waals surface area contributed by atoms with E-state index in [2.05, 4.69) is 13.8 Å². The van der Waals surface area contributed by atoms with E-state index >= 15 is 0 Å². The first-order chi connectivity index (χ1) is 25.1. The first-order valence-corrected chi connectivity index (χ1v) is 18.6. The molecule has 0 aromatic heterocycles. The molecule has 2 rings (SSSR count). The first-order valence-electron chi connectivity index (χ1n) is 18.6. The molecule has 286 valence electrons. The second-order valence-corrected chi connectivity index (χ2v) is 12.4. The van der Waals surface area contributed by atoms with Gasteiger partial charge in [0.15, 0.2) is 11.6 Å². The Balaban J connectivity index is 2.30. The molecule has 0 aliphatic rings. The predicted octanol–water partition coefficient (Wildman–Crippen LogP) is 10.3. The number of hydrogen-bond acceptors (Lipinski definition) is 12. The van der Waals surface area contributed by atoms with Crippen molar-refractivity contribution in [2.24, 2.45) is 0 Å². The quantitative estimate of drug-likeness (QED) is 0.0252. The zero-order valence-corrected chi connectivity index (χ0v) is 31.1. The highest BCUT2D eigenvalue weighted by Gasteiger charge is 2.26. The molecule has 0 unspecified atom stereocenters. The summed E-state index contributed by atoms with van der Waals surface area (Å²) >= 11 is 0. The van der Waals surface area contributed by atoms with E-state index in [1.807, 2.05) is 13.8 Å². The van der Waals surface area contributed by atoms with Gasteiger partial charge in [0.2, 0.25) is 0 Å². The zero-order valence-electron chi connectivity index (χ0n) is 31.1. The van der Waals surface area contributed by atoms with Gasteiger partial charge in [-0.3, -0.25) is 9.59 Å². The molecule has 52 heavy (non-hydrogen) atoms. The van der Waals surface area contributed by atoms with Gasteiger partial charge in [-0.15, -0.1) is 0 Å². The largest absolute Gasteiger partial charge is 0.513 e. The molecular formula is C40H54O12. The lowest BCUT2D eigenvalue weighted by Gasteiger charge is -2.12. The lowest BCUT2D eigenvalue weighted by atomic mass is 10.0. The lowest BCUT2D eigenvalue weighted by molar-refractivity contribution is -0.187. The van der Waals surface area contributed by atoms with Crippen molar-refractivity contribution in [2.75, 3.05) is 13.2 Å². The van der Waals surface area contributed by atoms with Gasteiger partial charge in [-0.1, -0.05) is 91.9 Å². The van der Waals surface area contributed by atoms with E-state index in [4.69, 9.17) is 28.7 Å². The van der Waals surface area contributed by atoms with E-state index < -0.39 is 24.2 Å². The van der Waals surface area contributed by atoms with Gasteiger partial charge in [-0.05, 0) is 62.1 Å². The second kappa shape index (κ2) is 25.3. The lowest BCUT2D eigenvalue weighted by Crippen LogP contribution is -2.18. The Kier molecular flexibility index (Phi) is 21.1. The molecule has 0 spiro atoms. The SMILES string of the molecule is CCCCCCCC(=O)c1ccc(OC(=O)OCCCC)c(C(=O)OOC(=O)c2cc(C(=O)CCCCCCC)ccc2OC(=O)OCCCC)c1. The van der Waals surface area contributed by atoms with Crippen molar-refractivity contribution >= 4 is 35.8 Å². The third-order valence-corrected chi connectivity index (χ3v) is 8.07. The maximum atomic E-state index is 13.3. The van der Waals surface area contributed by atoms with Crippen LogP contribution in [0.25, 0.3) is 0 Å². The van der Waals surface area contributed by atoms with Gasteiger partial charge in [0, 0.05) is 24.0 Å². The summed E-state index contributed by atoms with van der Waals surface area (Å²) in [5, 5.41) is 0. The van der Waals surface area contributed by atoms with Crippen LogP contribution in [0.5, 0.6) is 11.5 Å². The maximum absolute atomic E-state index is 13.3. The van der Waals surface area contributed by atoms with Crippen molar-refractivity contribution in [3.8, 4) is 11.5 Å². The number of carbonyl (C=O) groups excluding carboxylic acids is 6. The van der Waals surface area contributed by atoms with Crippen LogP contribution in [-0.2, 0) is 19.2 Å². The van der Waals surface area contributed by atoms with Crippen LogP contribution in [0.4, 0.5) is 9.59 Å². The third kappa shape index (κ3) is 16.1. The summed E-state index contributed by atoms with van der Waals surface area (Å²) in [5.74, 6) is -3.57. The van der Waals surface area contributed by atoms with Crippen LogP contribution in [0.1, 0.15) is 172 Å². The molecule has 0 saturated carbocycles. The van der Waals surface area contributed by atoms with Crippen LogP contribution in [0.2, 0.25) is 0 Å². The Morgan fingerprint density at radius 3 is 1.19 bits per heavy atom. The summed E-state index contributed by atoms with van der Waals surface area (Å²) in [6, 6.07) is 7.75. The third-order valence-electron chi connectivity index (χ3n) is 8.07. The highest BCUT2D eigenvalue weighted by molar-refractivity contribution is 6.02. The molecule has 0 radical (unpaired) electrons. The van der Waals surface area contributed by atoms with Gasteiger partial charge in [-0.2, -0.15) is 0 Å². The molecule has 12 nitrogen and oxygen atoms in total. The Bertz CT molecular complexity index is 1350. The van der Waals surface area contributed by atoms with E-state index in [1.165, 1.54) is 36.4 Å². The van der Waals surface area contributed by atoms with Gasteiger partial charge in [0.1, 0.15) is 22.6 Å². The molecule has 0 atom stereocenters. The summed E-state index contributed by atoms with van der Waals surface area (Å²) in [7, 11) is 0. The molecule has 0 bridgehead atoms. The minimum atomic E-state index is -1.26. The normalized spacial score (nSPS) is 10.6. The fourth-order valence-corrected chi connectivity index (χ4v) is 4.97. The summed E-state index contributed by atoms with van der Waals surface area (Å²) in [6.07, 6.45) is 10.4. The summed E-state index contributed by atoms with van der Waals surface area (Å²) < 4.78 is 20.6. The van der Waals surface area contributed by atoms with E-state index in [0.717, 1.165) is 64.2 Å². The van der Waals surface area contributed by atoms with Crippen LogP contribution in [0, 0.1) is 0 Å². The highest BCUT2D eigenvalue weighted by atomic mass is 17.2. The van der Waals surface area contributed by atoms with E-state index in [-0.39, 0.29) is 71.4 Å². The van der Waals surface area contributed by atoms with Gasteiger partial charge < -0.3 is 18.9 Å². The van der Waals surface area contributed by atoms with Crippen molar-refractivity contribution in [3.63, 3.8) is 0 Å². The van der Waals surface area contributed by atoms with Crippen molar-refractivity contribution in [2.45, 2.75) is 130 Å². The van der Waals surface area contributed by atoms with Crippen molar-refractivity contribution in [1.82, 2.24) is 0 Å². The minimum Gasteiger partial charge on any atom is -0.434 e. The van der Waals surface area contributed by atoms with Gasteiger partial charge in [0.05, 0.1) is 13.2 Å². The molecule has 2 aromatic carbocycles. The summed E-state index contributed by atoms with van der Waals surface area (Å²) in [6.45, 7) is 8.22. The number of ketones is 2. The summed E-state index contributed by atoms with van der Waals surface area (Å²) in [5.41, 5.74) is -0.419. The predicted molar refractivity (Wildman–Crippen MR) is 193 cm³/mol. The molecular weight excluding hydrogens is 672 g/mol. The Hall–Kier alpha value is -4.74. The van der Waals surface area contributed by atoms with Crippen molar-refractivity contribution in [3.05, 3.63) is 58.7 Å². The molecule has 0 aliphatic heterocycles. The summed E-state index contributed by atoms with van der Waals surface area (Å²) in [4.78, 5) is 87.0. The standard InChI is InChI=1S/C40H54O12/c1-5-9-13-15-17-19-33(41)29-21-23-35(49-39(45)47-25-11-7-3)31(27-29)37(43)51-52-38(44)32-28-30(34(42)20-18-16-14-10-6-2)22-24-36(32)50-40(46)48-26-12-8-4/h21-24,27-28H,5-20,25-26H2,1-4H3. The average molecular weight is 727 g/mol. The molecule has 0 amide bonds. The van der Waals surface area contributed by atoms with Crippen LogP contribution in [0.15, 0.2) is 36.4 Å². The van der Waals surface area contributed by atoms with Crippen molar-refractivity contribution in [1.29, 1.82) is 0 Å². The monoisotopic (exact) mass is 726 g/mol. The fourth-order valence-electron chi connectivity index (χ4n) is 4.97. The number of rotatable bonds is 24. The van der Waals surface area contributed by atoms with Crippen LogP contribution >= 0.6 is 0 Å². The van der Waals surface area contributed by atoms with Gasteiger partial charge in [0.25, 0.3) is 0 Å². The molecule has 0 saturated heterocycles. The maximum Gasteiger partial charge on any atom is 0.513 e. The van der Waals surface area contributed by atoms with Gasteiger partial charge >= 0.3 is 24.2 Å². The number of Topliss-reactive ketones (excluding diaryl/α,β-unsaturated/α-hetero) is 2. The smallest absolute Gasteiger partial charge is 0.434 e. The Morgan fingerprint density at radius 2 is 0.827 bits per heavy atom. The van der Waals surface area contributed by atoms with E-state index in [9.17, 15) is 28.8 Å². The number of hydrogen-bond donors (Lipinski definition) is 0. The van der Waals surface area contributed by atoms with E-state index in [0.29, 0.717) is 25.7 Å². The van der Waals surface area contributed by atoms with Crippen molar-refractivity contribution < 1.29 is 57.5 Å². The molecule has 0 aliphatic carbocycles. The average Bonchev–Trinajstić information content (AvgIpc) is 3.13. The van der Waals surface area contributed by atoms with E-state index in [1.54, 1.807) is 0 Å². The Labute approximate surface area is 306 Å². The second-order valence-electron chi connectivity index (χ2n) is 12.4. The molecule has 0 N–H and O–H groups in total. The zero-order chi connectivity index (χ0) is 38.1. The number of unbranched alkanes of at least 4 members (excludes halogenated alkanes) is 10. The number of ether oxygens (including phenoxy) is 4. The topological polar surface area (TPSA) is 158 Å². The van der Waals surface area contributed by atoms with Crippen LogP contribution < -0.4 is 9.47 Å². The number of benzene rings is 2. The van der Waals surface area contributed by atoms with Crippen LogP contribution in [0.3, 0.4) is 0 Å². The fraction of sp³-hybridized carbons (Fsp3) is 0.550. The van der Waals surface area contributed by atoms with Gasteiger partial charge in [-0.25, -0.2) is 29.0 Å². The highest BCUT2D eigenvalue weighted by Crippen LogP contribution is 2.26. The molecule has 2 aromatic rings. The molecule has 12 heteroatoms. The Morgan fingerprint density at radius 1 is 0.462 bits per heavy atom.